The van der Waals surface area contributed by atoms with Gasteiger partial charge in [0.2, 0.25) is 0 Å². The van der Waals surface area contributed by atoms with Crippen molar-refractivity contribution >= 4 is 60.9 Å². The first-order valence-corrected chi connectivity index (χ1v) is 11.9. The van der Waals surface area contributed by atoms with Crippen molar-refractivity contribution in [1.29, 1.82) is 0 Å². The molecule has 1 aliphatic heterocycles. The Morgan fingerprint density at radius 2 is 1.46 bits per heavy atom. The summed E-state index contributed by atoms with van der Waals surface area (Å²) in [6.45, 7) is 5.00. The standard InChI is InChI=1S/C26H17N3.C5H8O2.Ir/c1-27-16-28(23-14-5-4-13-22(23)27)24-15-7-11-20-19-10-6-9-18-17-8-2-3-12-21(17)29(25(18)19)26(20)24;1-4(6)3-5(2)7;/h2-14,16H,1H3;3,6H,1-2H3;/q-2;;/b;4-3-;. The Balaban J connectivity index is 0.000000313. The van der Waals surface area contributed by atoms with Gasteiger partial charge in [-0.1, -0.05) is 54.2 Å². The van der Waals surface area contributed by atoms with E-state index in [-0.39, 0.29) is 31.6 Å². The molecule has 3 heterocycles. The first kappa shape index (κ1) is 24.8. The molecule has 0 atom stereocenters. The minimum atomic E-state index is -0.125. The van der Waals surface area contributed by atoms with Crippen molar-refractivity contribution in [2.24, 2.45) is 0 Å². The van der Waals surface area contributed by atoms with E-state index in [9.17, 15) is 4.79 Å². The second-order valence-corrected chi connectivity index (χ2v) is 9.12. The zero-order chi connectivity index (χ0) is 25.0. The van der Waals surface area contributed by atoms with Crippen LogP contribution < -0.4 is 9.80 Å². The van der Waals surface area contributed by atoms with Crippen molar-refractivity contribution in [2.45, 2.75) is 13.8 Å². The maximum Gasteiger partial charge on any atom is 0.155 e. The van der Waals surface area contributed by atoms with Crippen LogP contribution in [0.3, 0.4) is 0 Å². The summed E-state index contributed by atoms with van der Waals surface area (Å²) in [7, 11) is 2.10. The fraction of sp³-hybridized carbons (Fsp3) is 0.0968. The number of hydrogen-bond donors (Lipinski definition) is 1. The van der Waals surface area contributed by atoms with E-state index in [1.807, 2.05) is 0 Å². The van der Waals surface area contributed by atoms with Gasteiger partial charge < -0.3 is 19.3 Å². The van der Waals surface area contributed by atoms with Gasteiger partial charge in [-0.2, -0.15) is 24.9 Å². The van der Waals surface area contributed by atoms with Crippen LogP contribution in [0, 0.1) is 12.7 Å². The van der Waals surface area contributed by atoms with Gasteiger partial charge in [0.05, 0.1) is 5.76 Å². The SMILES string of the molecule is CC(=O)/C=C(/C)O.CN1[CH-]N(c2[c-]ccc3c4cccc5c6ccccc6n(c23)c54)c2ccccc21.[Ir]. The molecule has 37 heavy (non-hydrogen) atoms. The van der Waals surface area contributed by atoms with E-state index >= 15 is 0 Å². The molecule has 4 aromatic carbocycles. The second-order valence-electron chi connectivity index (χ2n) is 9.12. The quantitative estimate of drug-likeness (QED) is 0.119. The normalized spacial score (nSPS) is 13.2. The molecule has 0 saturated carbocycles. The second kappa shape index (κ2) is 9.55. The van der Waals surface area contributed by atoms with E-state index in [0.717, 1.165) is 5.69 Å². The molecule has 0 aliphatic carbocycles. The summed E-state index contributed by atoms with van der Waals surface area (Å²) >= 11 is 0. The van der Waals surface area contributed by atoms with Crippen LogP contribution >= 0.6 is 0 Å². The Morgan fingerprint density at radius 3 is 2.16 bits per heavy atom. The van der Waals surface area contributed by atoms with E-state index < -0.39 is 0 Å². The molecule has 6 aromatic rings. The number of para-hydroxylation sites is 4. The van der Waals surface area contributed by atoms with Gasteiger partial charge >= 0.3 is 0 Å². The molecule has 7 rings (SSSR count). The minimum absolute atomic E-state index is 0. The average Bonchev–Trinajstić information content (AvgIpc) is 3.50. The fourth-order valence-electron chi connectivity index (χ4n) is 5.31. The third kappa shape index (κ3) is 3.93. The smallest absolute Gasteiger partial charge is 0.155 e. The molecule has 187 valence electrons. The third-order valence-corrected chi connectivity index (χ3v) is 6.62. The van der Waals surface area contributed by atoms with E-state index in [0.29, 0.717) is 0 Å². The number of carbonyl (C=O) groups is 1. The van der Waals surface area contributed by atoms with Crippen molar-refractivity contribution in [2.75, 3.05) is 16.8 Å². The monoisotopic (exact) mass is 664 g/mol. The molecule has 1 aliphatic rings. The number of carbonyl (C=O) groups excluding carboxylic acids is 1. The van der Waals surface area contributed by atoms with Crippen LogP contribution in [0.5, 0.6) is 0 Å². The summed E-state index contributed by atoms with van der Waals surface area (Å²) in [5.74, 6) is -0.0625. The van der Waals surface area contributed by atoms with Crippen LogP contribution in [0.1, 0.15) is 13.8 Å². The molecule has 0 fully saturated rings. The summed E-state index contributed by atoms with van der Waals surface area (Å²) in [5.41, 5.74) is 7.22. The number of aliphatic hydroxyl groups excluding tert-OH is 1. The summed E-state index contributed by atoms with van der Waals surface area (Å²) in [5, 5.41) is 13.5. The van der Waals surface area contributed by atoms with Crippen molar-refractivity contribution in [3.05, 3.63) is 103 Å². The molecule has 0 unspecified atom stereocenters. The molecule has 2 aromatic heterocycles. The zero-order valence-electron chi connectivity index (χ0n) is 20.7. The minimum Gasteiger partial charge on any atom is -0.512 e. The van der Waals surface area contributed by atoms with Crippen LogP contribution in [0.4, 0.5) is 17.1 Å². The van der Waals surface area contributed by atoms with E-state index in [2.05, 4.69) is 113 Å². The topological polar surface area (TPSA) is 48.2 Å². The van der Waals surface area contributed by atoms with Crippen LogP contribution in [-0.4, -0.2) is 22.3 Å². The number of hydrogen-bond acceptors (Lipinski definition) is 4. The van der Waals surface area contributed by atoms with Gasteiger partial charge in [-0.25, -0.2) is 0 Å². The summed E-state index contributed by atoms with van der Waals surface area (Å²) in [4.78, 5) is 14.5. The van der Waals surface area contributed by atoms with Gasteiger partial charge in [-0.15, -0.1) is 5.39 Å². The maximum absolute atomic E-state index is 10.0. The average molecular weight is 664 g/mol. The Morgan fingerprint density at radius 1 is 0.838 bits per heavy atom. The van der Waals surface area contributed by atoms with Crippen LogP contribution in [0.25, 0.3) is 38.1 Å². The van der Waals surface area contributed by atoms with Gasteiger partial charge in [0.1, 0.15) is 0 Å². The number of aliphatic hydroxyl groups is 1. The Hall–Kier alpha value is -3.86. The van der Waals surface area contributed by atoms with Gasteiger partial charge in [0, 0.05) is 59.4 Å². The van der Waals surface area contributed by atoms with Gasteiger partial charge in [0.15, 0.2) is 5.78 Å². The molecule has 1 radical (unpaired) electrons. The van der Waals surface area contributed by atoms with Crippen molar-refractivity contribution in [3.63, 3.8) is 0 Å². The predicted molar refractivity (Wildman–Crippen MR) is 148 cm³/mol. The summed E-state index contributed by atoms with van der Waals surface area (Å²) < 4.78 is 2.43. The maximum atomic E-state index is 10.0. The largest absolute Gasteiger partial charge is 0.512 e. The predicted octanol–water partition coefficient (Wildman–Crippen LogP) is 7.38. The first-order chi connectivity index (χ1) is 17.5. The Kier molecular flexibility index (Phi) is 6.40. The van der Waals surface area contributed by atoms with Crippen molar-refractivity contribution < 1.29 is 30.0 Å². The summed E-state index contributed by atoms with van der Waals surface area (Å²) in [6.07, 6.45) is 1.17. The van der Waals surface area contributed by atoms with Gasteiger partial charge in [-0.05, 0) is 50.0 Å². The molecular formula is C31H25IrN3O2-2. The number of anilines is 3. The zero-order valence-corrected chi connectivity index (χ0v) is 23.1. The Bertz CT molecular complexity index is 1800. The van der Waals surface area contributed by atoms with Crippen LogP contribution in [0.2, 0.25) is 0 Å². The molecule has 5 nitrogen and oxygen atoms in total. The number of benzene rings is 4. The van der Waals surface area contributed by atoms with Crippen molar-refractivity contribution in [3.8, 4) is 0 Å². The van der Waals surface area contributed by atoms with Crippen LogP contribution in [0.15, 0.2) is 90.7 Å². The van der Waals surface area contributed by atoms with E-state index in [1.165, 1.54) is 69.4 Å². The number of ketones is 1. The molecule has 0 spiro atoms. The third-order valence-electron chi connectivity index (χ3n) is 6.62. The van der Waals surface area contributed by atoms with Gasteiger partial charge in [-0.3, -0.25) is 4.79 Å². The molecule has 0 amide bonds. The number of nitrogens with zero attached hydrogens (tertiary/aromatic N) is 3. The first-order valence-electron chi connectivity index (χ1n) is 11.9. The molecule has 0 saturated heterocycles. The molecule has 0 bridgehead atoms. The molecular weight excluding hydrogens is 639 g/mol. The van der Waals surface area contributed by atoms with Gasteiger partial charge in [0.25, 0.3) is 0 Å². The van der Waals surface area contributed by atoms with Crippen molar-refractivity contribution in [1.82, 2.24) is 4.40 Å². The van der Waals surface area contributed by atoms with E-state index in [4.69, 9.17) is 5.11 Å². The molecule has 1 N–H and O–H groups in total. The van der Waals surface area contributed by atoms with E-state index in [1.54, 1.807) is 0 Å². The fourth-order valence-corrected chi connectivity index (χ4v) is 5.31. The number of aromatic nitrogens is 1. The molecule has 6 heteroatoms. The number of allylic oxidation sites excluding steroid dienone is 2. The number of fused-ring (bicyclic) bond motifs is 7. The summed E-state index contributed by atoms with van der Waals surface area (Å²) in [6, 6.07) is 31.7. The Labute approximate surface area is 228 Å². The number of rotatable bonds is 2. The van der Waals surface area contributed by atoms with Crippen LogP contribution in [-0.2, 0) is 24.9 Å².